The molecule has 5 rings (SSSR count). The van der Waals surface area contributed by atoms with Gasteiger partial charge in [0.15, 0.2) is 0 Å². The van der Waals surface area contributed by atoms with Crippen LogP contribution in [0.4, 0.5) is 0 Å². The molecule has 0 radical (unpaired) electrons. The van der Waals surface area contributed by atoms with Gasteiger partial charge in [-0.3, -0.25) is 14.5 Å². The largest absolute Gasteiger partial charge is 0.469 e. The van der Waals surface area contributed by atoms with Gasteiger partial charge in [-0.25, -0.2) is 12.7 Å². The second kappa shape index (κ2) is 7.29. The summed E-state index contributed by atoms with van der Waals surface area (Å²) in [4.78, 5) is 28.2. The lowest BCUT2D eigenvalue weighted by atomic mass is 9.69. The first-order chi connectivity index (χ1) is 15.1. The summed E-state index contributed by atoms with van der Waals surface area (Å²) in [5.41, 5.74) is 0.586. The molecule has 7 nitrogen and oxygen atoms in total. The summed E-state index contributed by atoms with van der Waals surface area (Å²) in [6, 6.07) is 8.86. The lowest BCUT2D eigenvalue weighted by Crippen LogP contribution is -2.50. The van der Waals surface area contributed by atoms with Crippen molar-refractivity contribution in [1.29, 1.82) is 0 Å². The molecule has 1 aromatic carbocycles. The molecule has 1 unspecified atom stereocenters. The van der Waals surface area contributed by atoms with Crippen LogP contribution in [0.15, 0.2) is 30.3 Å². The molecule has 2 aliphatic carbocycles. The fourth-order valence-electron chi connectivity index (χ4n) is 7.22. The highest BCUT2D eigenvalue weighted by molar-refractivity contribution is 7.90. The van der Waals surface area contributed by atoms with Crippen LogP contribution in [0.3, 0.4) is 0 Å². The van der Waals surface area contributed by atoms with E-state index < -0.39 is 22.0 Å². The van der Waals surface area contributed by atoms with Gasteiger partial charge in [-0.2, -0.15) is 0 Å². The van der Waals surface area contributed by atoms with E-state index in [1.807, 2.05) is 35.2 Å². The Labute approximate surface area is 190 Å². The highest BCUT2D eigenvalue weighted by Crippen LogP contribution is 2.70. The maximum Gasteiger partial charge on any atom is 0.310 e. The van der Waals surface area contributed by atoms with E-state index in [0.717, 1.165) is 24.8 Å². The van der Waals surface area contributed by atoms with Gasteiger partial charge in [0.05, 0.1) is 30.9 Å². The fraction of sp³-hybridized carbons (Fsp3) is 0.667. The Bertz CT molecular complexity index is 1040. The Balaban J connectivity index is 1.46. The number of hydrogen-bond acceptors (Lipinski definition) is 6. The van der Waals surface area contributed by atoms with Crippen LogP contribution >= 0.6 is 0 Å². The topological polar surface area (TPSA) is 84.0 Å². The maximum atomic E-state index is 13.9. The first-order valence-electron chi connectivity index (χ1n) is 11.5. The van der Waals surface area contributed by atoms with E-state index in [-0.39, 0.29) is 40.9 Å². The molecule has 1 amide bonds. The maximum absolute atomic E-state index is 13.9. The normalized spacial score (nSPS) is 36.9. The number of rotatable bonds is 4. The summed E-state index contributed by atoms with van der Waals surface area (Å²) < 4.78 is 33.0. The summed E-state index contributed by atoms with van der Waals surface area (Å²) in [6.07, 6.45) is 2.94. The number of sulfonamides is 1. The highest BCUT2D eigenvalue weighted by atomic mass is 32.2. The molecule has 5 atom stereocenters. The molecule has 2 aliphatic heterocycles. The summed E-state index contributed by atoms with van der Waals surface area (Å²) in [6.45, 7) is 5.23. The Morgan fingerprint density at radius 2 is 1.88 bits per heavy atom. The van der Waals surface area contributed by atoms with Crippen LogP contribution in [0.25, 0.3) is 0 Å². The molecule has 1 aromatic rings. The molecular formula is C24H32N2O5S. The van der Waals surface area contributed by atoms with Crippen molar-refractivity contribution in [3.63, 3.8) is 0 Å². The van der Waals surface area contributed by atoms with Crippen molar-refractivity contribution in [1.82, 2.24) is 9.21 Å². The molecule has 2 heterocycles. The molecule has 2 bridgehead atoms. The van der Waals surface area contributed by atoms with Crippen LogP contribution in [-0.4, -0.2) is 61.0 Å². The molecule has 8 heteroatoms. The van der Waals surface area contributed by atoms with E-state index in [0.29, 0.717) is 19.0 Å². The van der Waals surface area contributed by atoms with E-state index in [9.17, 15) is 18.0 Å². The van der Waals surface area contributed by atoms with Crippen molar-refractivity contribution in [2.45, 2.75) is 58.2 Å². The van der Waals surface area contributed by atoms with E-state index in [4.69, 9.17) is 4.74 Å². The summed E-state index contributed by atoms with van der Waals surface area (Å²) in [5, 5.41) is 0. The third-order valence-electron chi connectivity index (χ3n) is 9.08. The number of amides is 1. The molecular weight excluding hydrogens is 428 g/mol. The van der Waals surface area contributed by atoms with Gasteiger partial charge in [-0.1, -0.05) is 44.2 Å². The minimum atomic E-state index is -3.70. The van der Waals surface area contributed by atoms with Gasteiger partial charge in [0.25, 0.3) is 5.91 Å². The molecule has 32 heavy (non-hydrogen) atoms. The van der Waals surface area contributed by atoms with Crippen LogP contribution < -0.4 is 0 Å². The molecule has 4 aliphatic rings. The van der Waals surface area contributed by atoms with Crippen molar-refractivity contribution < 1.29 is 22.7 Å². The SMILES string of the molecule is COC(=O)C1C[C@H](C(=O)N2[C@H]3C[C@@H]4CC[C@@]3(CS2(=O)=O)C4(C)C)N(Cc2ccccc2)C1. The van der Waals surface area contributed by atoms with Crippen molar-refractivity contribution in [3.8, 4) is 0 Å². The van der Waals surface area contributed by atoms with E-state index in [1.165, 1.54) is 11.4 Å². The number of methoxy groups -OCH3 is 1. The van der Waals surface area contributed by atoms with Crippen LogP contribution in [-0.2, 0) is 30.9 Å². The van der Waals surface area contributed by atoms with Crippen molar-refractivity contribution in [2.75, 3.05) is 19.4 Å². The van der Waals surface area contributed by atoms with Gasteiger partial charge in [0.1, 0.15) is 0 Å². The summed E-state index contributed by atoms with van der Waals surface area (Å²) in [5.74, 6) is -0.637. The number of fused-ring (bicyclic) bond motifs is 1. The van der Waals surface area contributed by atoms with Gasteiger partial charge >= 0.3 is 5.97 Å². The number of esters is 1. The van der Waals surface area contributed by atoms with E-state index in [2.05, 4.69) is 13.8 Å². The minimum absolute atomic E-state index is 0.0613. The number of benzene rings is 1. The average molecular weight is 461 g/mol. The third kappa shape index (κ3) is 2.98. The Morgan fingerprint density at radius 1 is 1.16 bits per heavy atom. The lowest BCUT2D eigenvalue weighted by Gasteiger charge is -2.37. The van der Waals surface area contributed by atoms with Gasteiger partial charge in [-0.05, 0) is 42.6 Å². The molecule has 2 saturated carbocycles. The zero-order valence-electron chi connectivity index (χ0n) is 19.0. The first kappa shape index (κ1) is 21.9. The quantitative estimate of drug-likeness (QED) is 0.642. The van der Waals surface area contributed by atoms with Crippen LogP contribution in [0.1, 0.15) is 45.1 Å². The smallest absolute Gasteiger partial charge is 0.310 e. The van der Waals surface area contributed by atoms with Gasteiger partial charge in [0.2, 0.25) is 10.0 Å². The molecule has 4 fully saturated rings. The molecule has 0 N–H and O–H groups in total. The Morgan fingerprint density at radius 3 is 2.53 bits per heavy atom. The van der Waals surface area contributed by atoms with Crippen LogP contribution in [0.2, 0.25) is 0 Å². The first-order valence-corrected chi connectivity index (χ1v) is 13.1. The number of nitrogens with zero attached hydrogens (tertiary/aromatic N) is 2. The van der Waals surface area contributed by atoms with E-state index >= 15 is 0 Å². The lowest BCUT2D eigenvalue weighted by molar-refractivity contribution is -0.144. The highest BCUT2D eigenvalue weighted by Gasteiger charge is 2.72. The number of likely N-dealkylation sites (tertiary alicyclic amines) is 1. The second-order valence-electron chi connectivity index (χ2n) is 10.6. The third-order valence-corrected chi connectivity index (χ3v) is 11.0. The summed E-state index contributed by atoms with van der Waals surface area (Å²) in [7, 11) is -2.34. The second-order valence-corrected chi connectivity index (χ2v) is 12.5. The van der Waals surface area contributed by atoms with Crippen molar-refractivity contribution in [3.05, 3.63) is 35.9 Å². The summed E-state index contributed by atoms with van der Waals surface area (Å²) >= 11 is 0. The molecule has 174 valence electrons. The molecule has 1 spiro atoms. The monoisotopic (exact) mass is 460 g/mol. The van der Waals surface area contributed by atoms with Crippen LogP contribution in [0.5, 0.6) is 0 Å². The zero-order chi connectivity index (χ0) is 22.9. The van der Waals surface area contributed by atoms with Crippen molar-refractivity contribution >= 4 is 21.9 Å². The number of ether oxygens (including phenoxy) is 1. The minimum Gasteiger partial charge on any atom is -0.469 e. The Hall–Kier alpha value is -1.93. The van der Waals surface area contributed by atoms with Gasteiger partial charge in [0, 0.05) is 18.5 Å². The van der Waals surface area contributed by atoms with E-state index in [1.54, 1.807) is 0 Å². The van der Waals surface area contributed by atoms with Crippen LogP contribution in [0, 0.1) is 22.7 Å². The molecule has 2 saturated heterocycles. The number of carbonyl (C=O) groups excluding carboxylic acids is 2. The van der Waals surface area contributed by atoms with Gasteiger partial charge in [-0.15, -0.1) is 0 Å². The average Bonchev–Trinajstić information content (AvgIpc) is 3.40. The Kier molecular flexibility index (Phi) is 4.98. The predicted octanol–water partition coefficient (Wildman–Crippen LogP) is 2.42. The fourth-order valence-corrected chi connectivity index (χ4v) is 9.79. The zero-order valence-corrected chi connectivity index (χ0v) is 19.8. The van der Waals surface area contributed by atoms with Gasteiger partial charge < -0.3 is 4.74 Å². The standard InChI is InChI=1S/C24H32N2O5S/c1-23(2)18-9-10-24(23)15-32(29,30)26(20(24)12-18)21(27)19-11-17(22(28)31-3)14-25(19)13-16-7-5-4-6-8-16/h4-8,17-20H,9-15H2,1-3H3/t17?,18-,19+,20-,24-/m0/s1. The number of carbonyl (C=O) groups is 2. The molecule has 0 aromatic heterocycles. The predicted molar refractivity (Wildman–Crippen MR) is 119 cm³/mol. The van der Waals surface area contributed by atoms with Crippen molar-refractivity contribution in [2.24, 2.45) is 22.7 Å². The number of hydrogen-bond donors (Lipinski definition) is 0.